The number of methoxy groups -OCH3 is 2. The van der Waals surface area contributed by atoms with E-state index < -0.39 is 11.5 Å². The summed E-state index contributed by atoms with van der Waals surface area (Å²) in [5.74, 6) is 0.401. The molecule has 1 N–H and O–H groups in total. The molecule has 9 heteroatoms. The molecule has 1 aromatic heterocycles. The van der Waals surface area contributed by atoms with Gasteiger partial charge in [-0.05, 0) is 36.6 Å². The normalized spacial score (nSPS) is 10.3. The Morgan fingerprint density at radius 3 is 2.65 bits per heavy atom. The molecule has 158 valence electrons. The maximum atomic E-state index is 12.2. The lowest BCUT2D eigenvalue weighted by atomic mass is 10.0. The van der Waals surface area contributed by atoms with Crippen LogP contribution in [0.1, 0.15) is 21.5 Å². The molecule has 3 rings (SSSR count). The van der Waals surface area contributed by atoms with Crippen LogP contribution in [-0.2, 0) is 11.3 Å². The van der Waals surface area contributed by atoms with E-state index in [1.807, 2.05) is 6.07 Å². The molecule has 0 fully saturated rings. The molecule has 0 aliphatic rings. The lowest BCUT2D eigenvalue weighted by Crippen LogP contribution is -2.14. The van der Waals surface area contributed by atoms with Gasteiger partial charge < -0.3 is 19.2 Å². The van der Waals surface area contributed by atoms with Crippen molar-refractivity contribution in [1.82, 2.24) is 9.97 Å². The number of esters is 1. The average Bonchev–Trinajstić information content (AvgIpc) is 2.81. The fourth-order valence-electron chi connectivity index (χ4n) is 2.93. The van der Waals surface area contributed by atoms with Crippen LogP contribution in [0.25, 0.3) is 11.3 Å². The highest BCUT2D eigenvalue weighted by Crippen LogP contribution is 2.29. The summed E-state index contributed by atoms with van der Waals surface area (Å²) in [4.78, 5) is 31.2. The van der Waals surface area contributed by atoms with Gasteiger partial charge in [0.1, 0.15) is 35.3 Å². The van der Waals surface area contributed by atoms with E-state index in [0.717, 1.165) is 0 Å². The quantitative estimate of drug-likeness (QED) is 0.340. The number of hydrogen-bond acceptors (Lipinski definition) is 8. The lowest BCUT2D eigenvalue weighted by Gasteiger charge is -2.14. The van der Waals surface area contributed by atoms with Crippen LogP contribution in [0.4, 0.5) is 0 Å². The summed E-state index contributed by atoms with van der Waals surface area (Å²) in [5.41, 5.74) is 1.21. The van der Waals surface area contributed by atoms with E-state index in [1.165, 1.54) is 26.0 Å². The summed E-state index contributed by atoms with van der Waals surface area (Å²) in [5, 5.41) is 9.84. The summed E-state index contributed by atoms with van der Waals surface area (Å²) in [6.45, 7) is 0.0749. The molecule has 2 aromatic carbocycles. The highest BCUT2D eigenvalue weighted by Gasteiger charge is 2.17. The van der Waals surface area contributed by atoms with Crippen molar-refractivity contribution < 1.29 is 19.0 Å². The average molecular weight is 437 g/mol. The first-order valence-corrected chi connectivity index (χ1v) is 10.3. The summed E-state index contributed by atoms with van der Waals surface area (Å²) < 4.78 is 16.1. The highest BCUT2D eigenvalue weighted by molar-refractivity contribution is 7.98. The van der Waals surface area contributed by atoms with Crippen LogP contribution in [0.5, 0.6) is 11.5 Å². The molecule has 0 bridgehead atoms. The number of nitrogens with zero attached hydrogens (tertiary/aromatic N) is 2. The fraction of sp³-hybridized carbons (Fsp3) is 0.182. The largest absolute Gasteiger partial charge is 0.496 e. The van der Waals surface area contributed by atoms with Crippen LogP contribution in [0, 0.1) is 11.3 Å². The number of ether oxygens (including phenoxy) is 3. The highest BCUT2D eigenvalue weighted by atomic mass is 32.2. The maximum Gasteiger partial charge on any atom is 0.341 e. The van der Waals surface area contributed by atoms with Crippen LogP contribution in [0.2, 0.25) is 0 Å². The van der Waals surface area contributed by atoms with Gasteiger partial charge in [0.25, 0.3) is 5.56 Å². The molecule has 0 atom stereocenters. The third kappa shape index (κ3) is 4.70. The number of aromatic amines is 1. The van der Waals surface area contributed by atoms with E-state index in [0.29, 0.717) is 33.3 Å². The van der Waals surface area contributed by atoms with Crippen LogP contribution in [0.15, 0.2) is 52.4 Å². The second kappa shape index (κ2) is 9.82. The minimum absolute atomic E-state index is 0.0749. The molecular weight excluding hydrogens is 418 g/mol. The topological polar surface area (TPSA) is 114 Å². The molecule has 0 saturated heterocycles. The van der Waals surface area contributed by atoms with Crippen molar-refractivity contribution in [3.63, 3.8) is 0 Å². The van der Waals surface area contributed by atoms with Crippen molar-refractivity contribution in [2.75, 3.05) is 20.5 Å². The Hall–Kier alpha value is -3.77. The number of benzene rings is 2. The zero-order chi connectivity index (χ0) is 22.4. The van der Waals surface area contributed by atoms with Crippen LogP contribution < -0.4 is 15.0 Å². The summed E-state index contributed by atoms with van der Waals surface area (Å²) in [6.07, 6.45) is 1.78. The molecule has 1 heterocycles. The zero-order valence-corrected chi connectivity index (χ0v) is 17.9. The number of nitriles is 1. The summed E-state index contributed by atoms with van der Waals surface area (Å²) in [6, 6.07) is 13.8. The van der Waals surface area contributed by atoms with Crippen molar-refractivity contribution in [3.8, 4) is 28.8 Å². The van der Waals surface area contributed by atoms with Crippen molar-refractivity contribution in [2.24, 2.45) is 0 Å². The molecule has 0 unspecified atom stereocenters. The Bertz CT molecular complexity index is 1220. The second-order valence-electron chi connectivity index (χ2n) is 6.21. The number of nitrogens with one attached hydrogen (secondary N) is 1. The summed E-state index contributed by atoms with van der Waals surface area (Å²) in [7, 11) is 2.83. The van der Waals surface area contributed by atoms with Gasteiger partial charge in [0.05, 0.1) is 19.9 Å². The van der Waals surface area contributed by atoms with Gasteiger partial charge in [-0.3, -0.25) is 4.79 Å². The van der Waals surface area contributed by atoms with E-state index in [-0.39, 0.29) is 17.9 Å². The number of carbonyl (C=O) groups excluding carboxylic acids is 1. The predicted octanol–water partition coefficient (Wildman–Crippen LogP) is 3.40. The van der Waals surface area contributed by atoms with Crippen molar-refractivity contribution >= 4 is 17.7 Å². The number of thioether (sulfide) groups is 1. The monoisotopic (exact) mass is 437 g/mol. The third-order valence-corrected chi connectivity index (χ3v) is 5.01. The zero-order valence-electron chi connectivity index (χ0n) is 17.1. The Balaban J connectivity index is 2.01. The molecule has 0 spiro atoms. The van der Waals surface area contributed by atoms with Crippen LogP contribution >= 0.6 is 11.8 Å². The first-order chi connectivity index (χ1) is 15.0. The van der Waals surface area contributed by atoms with Gasteiger partial charge in [-0.1, -0.05) is 23.9 Å². The van der Waals surface area contributed by atoms with Crippen LogP contribution in [-0.4, -0.2) is 36.4 Å². The molecule has 0 saturated carbocycles. The Morgan fingerprint density at radius 1 is 1.19 bits per heavy atom. The van der Waals surface area contributed by atoms with Crippen LogP contribution in [0.3, 0.4) is 0 Å². The van der Waals surface area contributed by atoms with E-state index >= 15 is 0 Å². The smallest absolute Gasteiger partial charge is 0.341 e. The van der Waals surface area contributed by atoms with Gasteiger partial charge in [0.2, 0.25) is 0 Å². The van der Waals surface area contributed by atoms with E-state index in [4.69, 9.17) is 14.2 Å². The molecule has 3 aromatic rings. The second-order valence-corrected chi connectivity index (χ2v) is 7.01. The van der Waals surface area contributed by atoms with Gasteiger partial charge in [0.15, 0.2) is 5.16 Å². The molecular formula is C22H19N3O5S. The third-order valence-electron chi connectivity index (χ3n) is 4.43. The van der Waals surface area contributed by atoms with Crippen molar-refractivity contribution in [3.05, 3.63) is 69.5 Å². The Labute approximate surface area is 182 Å². The standard InChI is InChI=1S/C22H19N3O5S/c1-28-17-9-8-13(19-16(11-23)20(26)25-22(24-19)31-3)10-14(17)12-30-18-7-5-4-6-15(18)21(27)29-2/h4-10H,12H2,1-3H3,(H,24,25,26). The molecule has 31 heavy (non-hydrogen) atoms. The number of carbonyl (C=O) groups is 1. The predicted molar refractivity (Wildman–Crippen MR) is 115 cm³/mol. The van der Waals surface area contributed by atoms with Gasteiger partial charge in [-0.25, -0.2) is 9.78 Å². The number of aromatic nitrogens is 2. The number of para-hydroxylation sites is 1. The van der Waals surface area contributed by atoms with Gasteiger partial charge in [-0.2, -0.15) is 5.26 Å². The number of hydrogen-bond donors (Lipinski definition) is 1. The minimum Gasteiger partial charge on any atom is -0.496 e. The Kier molecular flexibility index (Phi) is 6.95. The van der Waals surface area contributed by atoms with E-state index in [9.17, 15) is 14.9 Å². The number of H-pyrrole nitrogens is 1. The van der Waals surface area contributed by atoms with Crippen molar-refractivity contribution in [1.29, 1.82) is 5.26 Å². The molecule has 0 radical (unpaired) electrons. The lowest BCUT2D eigenvalue weighted by molar-refractivity contribution is 0.0595. The van der Waals surface area contributed by atoms with Gasteiger partial charge >= 0.3 is 5.97 Å². The fourth-order valence-corrected chi connectivity index (χ4v) is 3.30. The first-order valence-electron chi connectivity index (χ1n) is 9.08. The molecule has 0 aliphatic carbocycles. The first kappa shape index (κ1) is 21.9. The molecule has 0 amide bonds. The van der Waals surface area contributed by atoms with Gasteiger partial charge in [-0.15, -0.1) is 0 Å². The SMILES string of the molecule is COC(=O)c1ccccc1OCc1cc(-c2nc(SC)[nH]c(=O)c2C#N)ccc1OC. The number of rotatable bonds is 7. The maximum absolute atomic E-state index is 12.2. The summed E-state index contributed by atoms with van der Waals surface area (Å²) >= 11 is 1.27. The minimum atomic E-state index is -0.507. The van der Waals surface area contributed by atoms with E-state index in [2.05, 4.69) is 9.97 Å². The van der Waals surface area contributed by atoms with Crippen molar-refractivity contribution in [2.45, 2.75) is 11.8 Å². The molecule has 0 aliphatic heterocycles. The Morgan fingerprint density at radius 2 is 1.97 bits per heavy atom. The van der Waals surface area contributed by atoms with E-state index in [1.54, 1.807) is 48.7 Å². The molecule has 8 nitrogen and oxygen atoms in total. The van der Waals surface area contributed by atoms with Gasteiger partial charge in [0, 0.05) is 11.1 Å².